The van der Waals surface area contributed by atoms with Crippen LogP contribution in [0.3, 0.4) is 0 Å². The largest absolute Gasteiger partial charge is 0.458 e. The first-order chi connectivity index (χ1) is 15.8. The highest BCUT2D eigenvalue weighted by molar-refractivity contribution is 5.64. The summed E-state index contributed by atoms with van der Waals surface area (Å²) in [6.45, 7) is 0.916. The van der Waals surface area contributed by atoms with Crippen LogP contribution in [0.15, 0.2) is 109 Å². The van der Waals surface area contributed by atoms with Crippen LogP contribution in [0.5, 0.6) is 11.5 Å². The molecule has 4 aromatic rings. The number of hydrogen-bond acceptors (Lipinski definition) is 4. The van der Waals surface area contributed by atoms with Crippen LogP contribution in [0.2, 0.25) is 0 Å². The van der Waals surface area contributed by atoms with Crippen molar-refractivity contribution in [3.05, 3.63) is 109 Å². The third kappa shape index (κ3) is 4.83. The van der Waals surface area contributed by atoms with E-state index < -0.39 is 12.6 Å². The number of benzene rings is 4. The predicted molar refractivity (Wildman–Crippen MR) is 124 cm³/mol. The molecular formula is C28H24O4. The van der Waals surface area contributed by atoms with Gasteiger partial charge in [-0.15, -0.1) is 0 Å². The van der Waals surface area contributed by atoms with E-state index in [0.717, 1.165) is 22.3 Å². The first kappa shape index (κ1) is 20.3. The lowest BCUT2D eigenvalue weighted by Gasteiger charge is -2.31. The molecule has 1 saturated heterocycles. The lowest BCUT2D eigenvalue weighted by molar-refractivity contribution is -0.271. The molecule has 160 valence electrons. The van der Waals surface area contributed by atoms with Crippen molar-refractivity contribution >= 4 is 0 Å². The molecule has 1 aliphatic rings. The van der Waals surface area contributed by atoms with Gasteiger partial charge in [0.1, 0.15) is 11.5 Å². The van der Waals surface area contributed by atoms with Gasteiger partial charge in [-0.05, 0) is 46.5 Å². The molecule has 0 bridgehead atoms. The van der Waals surface area contributed by atoms with Crippen molar-refractivity contribution in [3.8, 4) is 33.8 Å². The number of rotatable bonds is 6. The van der Waals surface area contributed by atoms with Gasteiger partial charge in [0.2, 0.25) is 0 Å². The molecule has 0 aliphatic carbocycles. The standard InChI is InChI=1S/C28H24O4/c1-3-7-21(8-4-1)23-11-15-25(16-12-23)31-27-28(30-20-19-29-27)32-26-17-13-24(14-18-26)22-9-5-2-6-10-22/h1-18,27-28H,19-20H2. The molecule has 0 N–H and O–H groups in total. The molecule has 2 unspecified atom stereocenters. The zero-order valence-corrected chi connectivity index (χ0v) is 17.6. The molecule has 1 aliphatic heterocycles. The maximum absolute atomic E-state index is 6.05. The van der Waals surface area contributed by atoms with Gasteiger partial charge in [-0.3, -0.25) is 0 Å². The molecule has 0 saturated carbocycles. The van der Waals surface area contributed by atoms with Crippen LogP contribution in [0.1, 0.15) is 0 Å². The summed E-state index contributed by atoms with van der Waals surface area (Å²) in [4.78, 5) is 0. The second-order valence-electron chi connectivity index (χ2n) is 7.49. The molecule has 0 aromatic heterocycles. The van der Waals surface area contributed by atoms with Gasteiger partial charge in [0.05, 0.1) is 13.2 Å². The minimum absolute atomic E-state index is 0.458. The minimum atomic E-state index is -0.653. The smallest absolute Gasteiger partial charge is 0.263 e. The van der Waals surface area contributed by atoms with Gasteiger partial charge < -0.3 is 18.9 Å². The summed E-state index contributed by atoms with van der Waals surface area (Å²) in [5.41, 5.74) is 4.59. The van der Waals surface area contributed by atoms with Crippen molar-refractivity contribution in [2.45, 2.75) is 12.6 Å². The van der Waals surface area contributed by atoms with Crippen LogP contribution in [-0.2, 0) is 9.47 Å². The monoisotopic (exact) mass is 424 g/mol. The summed E-state index contributed by atoms with van der Waals surface area (Å²) in [7, 11) is 0. The molecule has 0 spiro atoms. The first-order valence-electron chi connectivity index (χ1n) is 10.7. The fourth-order valence-corrected chi connectivity index (χ4v) is 3.65. The van der Waals surface area contributed by atoms with Crippen LogP contribution in [0.4, 0.5) is 0 Å². The summed E-state index contributed by atoms with van der Waals surface area (Å²) in [6.07, 6.45) is -1.31. The highest BCUT2D eigenvalue weighted by atomic mass is 16.8. The molecule has 5 rings (SSSR count). The van der Waals surface area contributed by atoms with E-state index in [1.807, 2.05) is 84.9 Å². The highest BCUT2D eigenvalue weighted by Crippen LogP contribution is 2.27. The molecule has 32 heavy (non-hydrogen) atoms. The van der Waals surface area contributed by atoms with Crippen molar-refractivity contribution < 1.29 is 18.9 Å². The maximum Gasteiger partial charge on any atom is 0.263 e. The quantitative estimate of drug-likeness (QED) is 0.370. The van der Waals surface area contributed by atoms with E-state index in [-0.39, 0.29) is 0 Å². The Balaban J connectivity index is 1.25. The van der Waals surface area contributed by atoms with Crippen LogP contribution in [-0.4, -0.2) is 25.8 Å². The molecule has 2 atom stereocenters. The van der Waals surface area contributed by atoms with Crippen LogP contribution in [0.25, 0.3) is 22.3 Å². The van der Waals surface area contributed by atoms with Crippen LogP contribution >= 0.6 is 0 Å². The summed E-state index contributed by atoms with van der Waals surface area (Å²) in [5, 5.41) is 0. The Hall–Kier alpha value is -3.60. The first-order valence-corrected chi connectivity index (χ1v) is 10.7. The van der Waals surface area contributed by atoms with Gasteiger partial charge >= 0.3 is 0 Å². The third-order valence-electron chi connectivity index (χ3n) is 5.30. The van der Waals surface area contributed by atoms with E-state index >= 15 is 0 Å². The Morgan fingerprint density at radius 3 is 1.16 bits per heavy atom. The van der Waals surface area contributed by atoms with E-state index in [0.29, 0.717) is 24.7 Å². The second-order valence-corrected chi connectivity index (χ2v) is 7.49. The van der Waals surface area contributed by atoms with Crippen LogP contribution < -0.4 is 9.47 Å². The molecular weight excluding hydrogens is 400 g/mol. The second kappa shape index (κ2) is 9.69. The molecule has 4 heteroatoms. The fourth-order valence-electron chi connectivity index (χ4n) is 3.65. The van der Waals surface area contributed by atoms with Gasteiger partial charge in [0.25, 0.3) is 12.6 Å². The summed E-state index contributed by atoms with van der Waals surface area (Å²) >= 11 is 0. The van der Waals surface area contributed by atoms with E-state index in [4.69, 9.17) is 18.9 Å². The molecule has 1 heterocycles. The number of ether oxygens (including phenoxy) is 4. The Morgan fingerprint density at radius 2 is 0.781 bits per heavy atom. The van der Waals surface area contributed by atoms with Gasteiger partial charge in [0, 0.05) is 0 Å². The van der Waals surface area contributed by atoms with E-state index in [1.54, 1.807) is 0 Å². The van der Waals surface area contributed by atoms with Crippen molar-refractivity contribution in [1.82, 2.24) is 0 Å². The van der Waals surface area contributed by atoms with Crippen molar-refractivity contribution in [2.24, 2.45) is 0 Å². The zero-order chi connectivity index (χ0) is 21.6. The zero-order valence-electron chi connectivity index (χ0n) is 17.6. The van der Waals surface area contributed by atoms with Gasteiger partial charge in [-0.1, -0.05) is 84.9 Å². The summed E-state index contributed by atoms with van der Waals surface area (Å²) in [6, 6.07) is 36.4. The van der Waals surface area contributed by atoms with Crippen molar-refractivity contribution in [3.63, 3.8) is 0 Å². The molecule has 0 radical (unpaired) electrons. The minimum Gasteiger partial charge on any atom is -0.458 e. The van der Waals surface area contributed by atoms with Crippen molar-refractivity contribution in [2.75, 3.05) is 13.2 Å². The third-order valence-corrected chi connectivity index (χ3v) is 5.30. The summed E-state index contributed by atoms with van der Waals surface area (Å²) < 4.78 is 23.7. The molecule has 0 amide bonds. The maximum atomic E-state index is 6.05. The van der Waals surface area contributed by atoms with E-state index in [1.165, 1.54) is 0 Å². The number of hydrogen-bond donors (Lipinski definition) is 0. The summed E-state index contributed by atoms with van der Waals surface area (Å²) in [5.74, 6) is 1.40. The average molecular weight is 424 g/mol. The average Bonchev–Trinajstić information content (AvgIpc) is 2.87. The topological polar surface area (TPSA) is 36.9 Å². The lowest BCUT2D eigenvalue weighted by Crippen LogP contribution is -2.45. The Bertz CT molecular complexity index is 1020. The van der Waals surface area contributed by atoms with E-state index in [2.05, 4.69) is 24.3 Å². The normalized spacial score (nSPS) is 18.1. The molecule has 4 nitrogen and oxygen atoms in total. The molecule has 4 aromatic carbocycles. The Kier molecular flexibility index (Phi) is 6.15. The van der Waals surface area contributed by atoms with E-state index in [9.17, 15) is 0 Å². The van der Waals surface area contributed by atoms with Gasteiger partial charge in [0.15, 0.2) is 0 Å². The SMILES string of the molecule is c1ccc(-c2ccc(OC3OCCOC3Oc3ccc(-c4ccccc4)cc3)cc2)cc1. The Labute approximate surface area is 188 Å². The van der Waals surface area contributed by atoms with Gasteiger partial charge in [-0.25, -0.2) is 0 Å². The Morgan fingerprint density at radius 1 is 0.438 bits per heavy atom. The molecule has 1 fully saturated rings. The highest BCUT2D eigenvalue weighted by Gasteiger charge is 2.31. The fraction of sp³-hybridized carbons (Fsp3) is 0.143. The van der Waals surface area contributed by atoms with Crippen LogP contribution in [0, 0.1) is 0 Å². The lowest BCUT2D eigenvalue weighted by atomic mass is 10.1. The predicted octanol–water partition coefficient (Wildman–Crippen LogP) is 6.18. The van der Waals surface area contributed by atoms with Crippen molar-refractivity contribution in [1.29, 1.82) is 0 Å². The van der Waals surface area contributed by atoms with Gasteiger partial charge in [-0.2, -0.15) is 0 Å².